The van der Waals surface area contributed by atoms with E-state index in [1.54, 1.807) is 6.08 Å². The van der Waals surface area contributed by atoms with E-state index in [1.807, 2.05) is 0 Å². The molecule has 4 aliphatic carbocycles. The Labute approximate surface area is 103 Å². The van der Waals surface area contributed by atoms with Gasteiger partial charge < -0.3 is 4.74 Å². The molecule has 0 saturated heterocycles. The fraction of sp³-hybridized carbons (Fsp3) is 0.800. The van der Waals surface area contributed by atoms with Crippen LogP contribution in [0.1, 0.15) is 39.0 Å². The molecule has 0 aliphatic heterocycles. The largest absolute Gasteiger partial charge is 0.466 e. The molecule has 4 aliphatic rings. The smallest absolute Gasteiger partial charge is 0.330 e. The van der Waals surface area contributed by atoms with Gasteiger partial charge in [-0.3, -0.25) is 0 Å². The number of allylic oxidation sites excluding steroid dienone is 1. The molecule has 0 amide bonds. The Balaban J connectivity index is 1.80. The zero-order valence-corrected chi connectivity index (χ0v) is 10.8. The first-order chi connectivity index (χ1) is 8.17. The third-order valence-corrected chi connectivity index (χ3v) is 5.30. The van der Waals surface area contributed by atoms with Crippen LogP contribution in [0.3, 0.4) is 0 Å². The van der Waals surface area contributed by atoms with Crippen LogP contribution in [0.4, 0.5) is 0 Å². The van der Waals surface area contributed by atoms with Crippen LogP contribution in [0.2, 0.25) is 0 Å². The minimum Gasteiger partial charge on any atom is -0.466 e. The lowest BCUT2D eigenvalue weighted by molar-refractivity contribution is -0.135. The van der Waals surface area contributed by atoms with Gasteiger partial charge in [0.1, 0.15) is 0 Å². The Morgan fingerprint density at radius 1 is 1.06 bits per heavy atom. The first-order valence-corrected chi connectivity index (χ1v) is 6.93. The highest BCUT2D eigenvalue weighted by molar-refractivity contribution is 5.82. The van der Waals surface area contributed by atoms with Gasteiger partial charge in [0, 0.05) is 6.08 Å². The molecule has 0 radical (unpaired) electrons. The molecule has 4 fully saturated rings. The van der Waals surface area contributed by atoms with Crippen LogP contribution < -0.4 is 0 Å². The van der Waals surface area contributed by atoms with Crippen LogP contribution in [0.15, 0.2) is 11.6 Å². The SMILES string of the molecule is COC(=O)/C=C(/C)C1C2CC3CC(C2)CC1C3. The highest BCUT2D eigenvalue weighted by atomic mass is 16.5. The van der Waals surface area contributed by atoms with Crippen molar-refractivity contribution in [2.45, 2.75) is 39.0 Å². The molecule has 0 heterocycles. The third kappa shape index (κ3) is 1.92. The Bertz CT molecular complexity index is 328. The average molecular weight is 234 g/mol. The molecule has 0 aromatic carbocycles. The van der Waals surface area contributed by atoms with Gasteiger partial charge in [0.2, 0.25) is 0 Å². The molecule has 2 heteroatoms. The van der Waals surface area contributed by atoms with Crippen molar-refractivity contribution in [3.8, 4) is 0 Å². The van der Waals surface area contributed by atoms with E-state index in [1.165, 1.54) is 44.8 Å². The van der Waals surface area contributed by atoms with Gasteiger partial charge in [0.15, 0.2) is 0 Å². The quantitative estimate of drug-likeness (QED) is 0.542. The molecule has 4 saturated carbocycles. The van der Waals surface area contributed by atoms with Crippen LogP contribution in [0.5, 0.6) is 0 Å². The third-order valence-electron chi connectivity index (χ3n) is 5.30. The van der Waals surface area contributed by atoms with Gasteiger partial charge in [-0.2, -0.15) is 0 Å². The van der Waals surface area contributed by atoms with Gasteiger partial charge in [-0.25, -0.2) is 4.79 Å². The molecule has 4 bridgehead atoms. The second-order valence-corrected chi connectivity index (χ2v) is 6.37. The van der Waals surface area contributed by atoms with E-state index in [-0.39, 0.29) is 5.97 Å². The molecule has 0 aromatic heterocycles. The lowest BCUT2D eigenvalue weighted by Crippen LogP contribution is -2.45. The number of methoxy groups -OCH3 is 1. The van der Waals surface area contributed by atoms with Crippen molar-refractivity contribution in [2.75, 3.05) is 7.11 Å². The minimum atomic E-state index is -0.184. The summed E-state index contributed by atoms with van der Waals surface area (Å²) in [5.74, 6) is 4.19. The van der Waals surface area contributed by atoms with Crippen LogP contribution in [-0.4, -0.2) is 13.1 Å². The summed E-state index contributed by atoms with van der Waals surface area (Å²) in [5, 5.41) is 0. The number of ether oxygens (including phenoxy) is 1. The maximum absolute atomic E-state index is 11.4. The molecule has 0 atom stereocenters. The second kappa shape index (κ2) is 4.15. The van der Waals surface area contributed by atoms with Crippen molar-refractivity contribution in [1.82, 2.24) is 0 Å². The molecule has 0 aromatic rings. The molecule has 4 rings (SSSR count). The van der Waals surface area contributed by atoms with Crippen LogP contribution >= 0.6 is 0 Å². The number of rotatable bonds is 2. The zero-order chi connectivity index (χ0) is 12.0. The summed E-state index contributed by atoms with van der Waals surface area (Å²) >= 11 is 0. The van der Waals surface area contributed by atoms with E-state index in [0.717, 1.165) is 23.7 Å². The zero-order valence-electron chi connectivity index (χ0n) is 10.8. The van der Waals surface area contributed by atoms with E-state index in [4.69, 9.17) is 4.74 Å². The minimum absolute atomic E-state index is 0.184. The molecule has 0 unspecified atom stereocenters. The summed E-state index contributed by atoms with van der Waals surface area (Å²) in [6, 6.07) is 0. The van der Waals surface area contributed by atoms with Crippen molar-refractivity contribution >= 4 is 5.97 Å². The number of hydrogen-bond donors (Lipinski definition) is 0. The van der Waals surface area contributed by atoms with Crippen molar-refractivity contribution in [1.29, 1.82) is 0 Å². The van der Waals surface area contributed by atoms with E-state index < -0.39 is 0 Å². The summed E-state index contributed by atoms with van der Waals surface area (Å²) in [6.07, 6.45) is 8.84. The topological polar surface area (TPSA) is 26.3 Å². The second-order valence-electron chi connectivity index (χ2n) is 6.37. The Kier molecular flexibility index (Phi) is 2.76. The maximum Gasteiger partial charge on any atom is 0.330 e. The van der Waals surface area contributed by atoms with Crippen molar-refractivity contribution in [3.63, 3.8) is 0 Å². The molecular formula is C15H22O2. The van der Waals surface area contributed by atoms with Gasteiger partial charge >= 0.3 is 5.97 Å². The van der Waals surface area contributed by atoms with Crippen molar-refractivity contribution in [2.24, 2.45) is 29.6 Å². The van der Waals surface area contributed by atoms with Gasteiger partial charge in [0.25, 0.3) is 0 Å². The average Bonchev–Trinajstić information content (AvgIpc) is 2.27. The highest BCUT2D eigenvalue weighted by Crippen LogP contribution is 2.58. The lowest BCUT2D eigenvalue weighted by atomic mass is 9.50. The van der Waals surface area contributed by atoms with E-state index >= 15 is 0 Å². The number of esters is 1. The monoisotopic (exact) mass is 234 g/mol. The summed E-state index contributed by atoms with van der Waals surface area (Å²) in [5.41, 5.74) is 1.27. The van der Waals surface area contributed by atoms with Crippen molar-refractivity contribution < 1.29 is 9.53 Å². The summed E-state index contributed by atoms with van der Waals surface area (Å²) in [4.78, 5) is 11.4. The normalized spacial score (nSPS) is 43.9. The predicted molar refractivity (Wildman–Crippen MR) is 66.3 cm³/mol. The van der Waals surface area contributed by atoms with Gasteiger partial charge in [0.05, 0.1) is 7.11 Å². The number of hydrogen-bond acceptors (Lipinski definition) is 2. The van der Waals surface area contributed by atoms with E-state index in [2.05, 4.69) is 6.92 Å². The van der Waals surface area contributed by atoms with E-state index in [9.17, 15) is 4.79 Å². The Morgan fingerprint density at radius 3 is 2.06 bits per heavy atom. The predicted octanol–water partition coefficient (Wildman–Crippen LogP) is 3.18. The number of carbonyl (C=O) groups is 1. The molecule has 0 N–H and O–H groups in total. The molecule has 0 spiro atoms. The first kappa shape index (κ1) is 11.3. The lowest BCUT2D eigenvalue weighted by Gasteiger charge is -2.54. The standard InChI is InChI=1S/C15H22O2/c1-9(3-14(16)17-2)15-12-5-10-4-11(7-12)8-13(15)6-10/h3,10-13,15H,4-8H2,1-2H3/b9-3-. The summed E-state index contributed by atoms with van der Waals surface area (Å²) < 4.78 is 4.75. The fourth-order valence-electron chi connectivity index (χ4n) is 5.01. The molecule has 2 nitrogen and oxygen atoms in total. The van der Waals surface area contributed by atoms with Crippen LogP contribution in [0.25, 0.3) is 0 Å². The Morgan fingerprint density at radius 2 is 1.59 bits per heavy atom. The summed E-state index contributed by atoms with van der Waals surface area (Å²) in [6.45, 7) is 2.13. The van der Waals surface area contributed by atoms with Crippen LogP contribution in [0, 0.1) is 29.6 Å². The first-order valence-electron chi connectivity index (χ1n) is 6.93. The van der Waals surface area contributed by atoms with Gasteiger partial charge in [-0.1, -0.05) is 5.57 Å². The van der Waals surface area contributed by atoms with Gasteiger partial charge in [-0.15, -0.1) is 0 Å². The molecule has 94 valence electrons. The van der Waals surface area contributed by atoms with Crippen molar-refractivity contribution in [3.05, 3.63) is 11.6 Å². The molecular weight excluding hydrogens is 212 g/mol. The molecule has 17 heavy (non-hydrogen) atoms. The van der Waals surface area contributed by atoms with Gasteiger partial charge in [-0.05, 0) is 68.6 Å². The number of carbonyl (C=O) groups excluding carboxylic acids is 1. The summed E-state index contributed by atoms with van der Waals surface area (Å²) in [7, 11) is 1.46. The maximum atomic E-state index is 11.4. The fourth-order valence-corrected chi connectivity index (χ4v) is 5.01. The van der Waals surface area contributed by atoms with E-state index in [0.29, 0.717) is 5.92 Å². The highest BCUT2D eigenvalue weighted by Gasteiger charge is 2.48. The Hall–Kier alpha value is -0.790. The van der Waals surface area contributed by atoms with Crippen LogP contribution in [-0.2, 0) is 9.53 Å².